The Balaban J connectivity index is -0.000000138. The van der Waals surface area contributed by atoms with Gasteiger partial charge in [0.25, 0.3) is 0 Å². The summed E-state index contributed by atoms with van der Waals surface area (Å²) in [5.74, 6) is 0. The molecule has 0 aliphatic rings. The highest BCUT2D eigenvalue weighted by molar-refractivity contribution is 5.10. The molecule has 70 valence electrons. The van der Waals surface area contributed by atoms with Crippen LogP contribution in [0.2, 0.25) is 0 Å². The molecule has 11 heavy (non-hydrogen) atoms. The molecule has 0 atom stereocenters. The third-order valence-corrected chi connectivity index (χ3v) is 1.34. The van der Waals surface area contributed by atoms with Crippen molar-refractivity contribution in [3.05, 3.63) is 0 Å². The molecule has 0 heterocycles. The molecule has 3 heteroatoms. The number of carbonyl (C=O) groups excluding carboxylic acids is 1. The molecule has 0 aromatic rings. The predicted molar refractivity (Wildman–Crippen MR) is 48.7 cm³/mol. The number of hydrogen-bond donors (Lipinski definition) is 1. The van der Waals surface area contributed by atoms with E-state index in [1.165, 1.54) is 19.6 Å². The zero-order chi connectivity index (χ0) is 9.70. The van der Waals surface area contributed by atoms with Gasteiger partial charge < -0.3 is 14.8 Å². The van der Waals surface area contributed by atoms with E-state index in [1.54, 1.807) is 0 Å². The van der Waals surface area contributed by atoms with Crippen LogP contribution in [0.15, 0.2) is 0 Å². The molecule has 0 saturated heterocycles. The fraction of sp³-hybridized carbons (Fsp3) is 0.875. The fourth-order valence-corrected chi connectivity index (χ4v) is 0.671. The van der Waals surface area contributed by atoms with Crippen molar-refractivity contribution in [2.75, 3.05) is 26.7 Å². The molecule has 0 aliphatic carbocycles. The quantitative estimate of drug-likeness (QED) is 0.668. The zero-order valence-corrected chi connectivity index (χ0v) is 8.13. The maximum Gasteiger partial charge on any atom is 0.106 e. The molecule has 0 unspecified atom stereocenters. The summed E-state index contributed by atoms with van der Waals surface area (Å²) in [4.78, 5) is 10.4. The summed E-state index contributed by atoms with van der Waals surface area (Å²) in [7, 11) is 1.00. The molecule has 0 bridgehead atoms. The van der Waals surface area contributed by atoms with Crippen molar-refractivity contribution in [3.8, 4) is 0 Å². The summed E-state index contributed by atoms with van der Waals surface area (Å²) in [5, 5.41) is 7.00. The molecule has 1 N–H and O–H groups in total. The Morgan fingerprint density at radius 2 is 1.18 bits per heavy atom. The minimum atomic E-state index is 1.00. The molecule has 0 saturated carbocycles. The minimum Gasteiger partial charge on any atom is -0.400 e. The Morgan fingerprint density at radius 1 is 1.00 bits per heavy atom. The van der Waals surface area contributed by atoms with Gasteiger partial charge in [0.1, 0.15) is 6.79 Å². The van der Waals surface area contributed by atoms with Gasteiger partial charge in [-0.2, -0.15) is 0 Å². The van der Waals surface area contributed by atoms with Crippen molar-refractivity contribution in [2.45, 2.75) is 20.8 Å². The first kappa shape index (κ1) is 16.9. The number of carbonyl (C=O) groups is 1. The van der Waals surface area contributed by atoms with Crippen molar-refractivity contribution in [2.24, 2.45) is 0 Å². The van der Waals surface area contributed by atoms with Crippen molar-refractivity contribution >= 4 is 6.79 Å². The number of rotatable bonds is 3. The predicted octanol–water partition coefficient (Wildman–Crippen LogP) is 0.772. The highest BCUT2D eigenvalue weighted by atomic mass is 16.2. The SMILES string of the molecule is C=O.CCN(CC)CC.CO. The maximum absolute atomic E-state index is 8.00. The van der Waals surface area contributed by atoms with Crippen molar-refractivity contribution < 1.29 is 9.90 Å². The second-order valence-corrected chi connectivity index (χ2v) is 1.62. The summed E-state index contributed by atoms with van der Waals surface area (Å²) >= 11 is 0. The lowest BCUT2D eigenvalue weighted by Crippen LogP contribution is -2.21. The summed E-state index contributed by atoms with van der Waals surface area (Å²) < 4.78 is 0. The Labute approximate surface area is 70.0 Å². The van der Waals surface area contributed by atoms with Crippen LogP contribution >= 0.6 is 0 Å². The normalized spacial score (nSPS) is 7.45. The van der Waals surface area contributed by atoms with E-state index in [-0.39, 0.29) is 0 Å². The lowest BCUT2D eigenvalue weighted by Gasteiger charge is -2.13. The number of nitrogens with zero attached hydrogens (tertiary/aromatic N) is 1. The van der Waals surface area contributed by atoms with E-state index < -0.39 is 0 Å². The van der Waals surface area contributed by atoms with Crippen LogP contribution in [-0.2, 0) is 4.79 Å². The largest absolute Gasteiger partial charge is 0.400 e. The number of aliphatic hydroxyl groups is 1. The molecule has 0 fully saturated rings. The summed E-state index contributed by atoms with van der Waals surface area (Å²) in [6.07, 6.45) is 0. The van der Waals surface area contributed by atoms with E-state index in [4.69, 9.17) is 9.90 Å². The van der Waals surface area contributed by atoms with Gasteiger partial charge in [0, 0.05) is 7.11 Å². The molecule has 0 aromatic carbocycles. The lowest BCUT2D eigenvalue weighted by molar-refractivity contribution is -0.0979. The number of hydrogen-bond acceptors (Lipinski definition) is 3. The van der Waals surface area contributed by atoms with E-state index >= 15 is 0 Å². The van der Waals surface area contributed by atoms with E-state index in [1.807, 2.05) is 6.79 Å². The van der Waals surface area contributed by atoms with Crippen molar-refractivity contribution in [1.82, 2.24) is 4.90 Å². The first-order valence-corrected chi connectivity index (χ1v) is 3.81. The van der Waals surface area contributed by atoms with Crippen LogP contribution in [0.4, 0.5) is 0 Å². The van der Waals surface area contributed by atoms with E-state index in [9.17, 15) is 0 Å². The van der Waals surface area contributed by atoms with Crippen LogP contribution in [0.25, 0.3) is 0 Å². The Hall–Kier alpha value is -0.410. The summed E-state index contributed by atoms with van der Waals surface area (Å²) in [5.41, 5.74) is 0. The van der Waals surface area contributed by atoms with Crippen LogP contribution in [0.5, 0.6) is 0 Å². The third kappa shape index (κ3) is 17.7. The molecule has 3 nitrogen and oxygen atoms in total. The van der Waals surface area contributed by atoms with Crippen LogP contribution in [-0.4, -0.2) is 43.5 Å². The van der Waals surface area contributed by atoms with Crippen molar-refractivity contribution in [1.29, 1.82) is 0 Å². The average molecular weight is 163 g/mol. The molecule has 0 aromatic heterocycles. The van der Waals surface area contributed by atoms with Gasteiger partial charge in [-0.25, -0.2) is 0 Å². The maximum atomic E-state index is 8.00. The number of aliphatic hydroxyl groups excluding tert-OH is 1. The third-order valence-electron chi connectivity index (χ3n) is 1.34. The fourth-order valence-electron chi connectivity index (χ4n) is 0.671. The van der Waals surface area contributed by atoms with Gasteiger partial charge in [-0.1, -0.05) is 20.8 Å². The highest BCUT2D eigenvalue weighted by Crippen LogP contribution is 1.81. The van der Waals surface area contributed by atoms with Gasteiger partial charge in [0.15, 0.2) is 0 Å². The minimum absolute atomic E-state index is 1.00. The smallest absolute Gasteiger partial charge is 0.106 e. The topological polar surface area (TPSA) is 40.5 Å². The van der Waals surface area contributed by atoms with E-state index in [0.29, 0.717) is 0 Å². The van der Waals surface area contributed by atoms with E-state index in [2.05, 4.69) is 25.7 Å². The second kappa shape index (κ2) is 22.6. The molecule has 0 spiro atoms. The van der Waals surface area contributed by atoms with Gasteiger partial charge in [0.2, 0.25) is 0 Å². The summed E-state index contributed by atoms with van der Waals surface area (Å²) in [6.45, 7) is 12.1. The molecule has 0 aliphatic heterocycles. The Morgan fingerprint density at radius 3 is 1.18 bits per heavy atom. The van der Waals surface area contributed by atoms with Gasteiger partial charge in [0.05, 0.1) is 0 Å². The van der Waals surface area contributed by atoms with E-state index in [0.717, 1.165) is 7.11 Å². The van der Waals surface area contributed by atoms with Crippen LogP contribution < -0.4 is 0 Å². The first-order chi connectivity index (χ1) is 5.35. The second-order valence-electron chi connectivity index (χ2n) is 1.62. The molecule has 0 radical (unpaired) electrons. The molecular weight excluding hydrogens is 142 g/mol. The van der Waals surface area contributed by atoms with Crippen LogP contribution in [0.1, 0.15) is 20.8 Å². The van der Waals surface area contributed by atoms with Gasteiger partial charge in [-0.15, -0.1) is 0 Å². The van der Waals surface area contributed by atoms with Gasteiger partial charge in [-0.05, 0) is 19.6 Å². The standard InChI is InChI=1S/C6H15N.CH4O.CH2O/c1-4-7(5-2)6-3;2*1-2/h4-6H2,1-3H3;2H,1H3;1H2. The molecule has 0 rings (SSSR count). The van der Waals surface area contributed by atoms with Crippen LogP contribution in [0.3, 0.4) is 0 Å². The molecular formula is C8H21NO2. The van der Waals surface area contributed by atoms with Gasteiger partial charge >= 0.3 is 0 Å². The highest BCUT2D eigenvalue weighted by Gasteiger charge is 1.89. The Bertz CT molecular complexity index is 41.8. The first-order valence-electron chi connectivity index (χ1n) is 3.81. The summed E-state index contributed by atoms with van der Waals surface area (Å²) in [6, 6.07) is 0. The average Bonchev–Trinajstić information content (AvgIpc) is 2.14. The van der Waals surface area contributed by atoms with Crippen molar-refractivity contribution in [3.63, 3.8) is 0 Å². The van der Waals surface area contributed by atoms with Crippen LogP contribution in [0, 0.1) is 0 Å². The van der Waals surface area contributed by atoms with Gasteiger partial charge in [-0.3, -0.25) is 0 Å². The zero-order valence-electron chi connectivity index (χ0n) is 8.13. The lowest BCUT2D eigenvalue weighted by atomic mass is 10.5. The molecule has 0 amide bonds. The monoisotopic (exact) mass is 163 g/mol. The Kier molecular flexibility index (Phi) is 34.8.